The molecule has 0 aliphatic heterocycles. The third-order valence-electron chi connectivity index (χ3n) is 8.28. The van der Waals surface area contributed by atoms with Crippen LogP contribution in [0, 0.1) is 23.7 Å². The van der Waals surface area contributed by atoms with Crippen LogP contribution in [0.3, 0.4) is 0 Å². The molecule has 1 aromatic carbocycles. The van der Waals surface area contributed by atoms with Crippen molar-refractivity contribution in [1.82, 2.24) is 4.90 Å². The summed E-state index contributed by atoms with van der Waals surface area (Å²) in [6.45, 7) is 3.80. The number of benzene rings is 1. The van der Waals surface area contributed by atoms with Crippen molar-refractivity contribution in [3.63, 3.8) is 0 Å². The molecule has 9 nitrogen and oxygen atoms in total. The molecule has 5 N–H and O–H groups in total. The maximum Gasteiger partial charge on any atom is 0.230 e. The molecule has 3 unspecified atom stereocenters. The lowest BCUT2D eigenvalue weighted by Gasteiger charge is -2.55. The molecule has 9 heteroatoms. The van der Waals surface area contributed by atoms with Gasteiger partial charge in [-0.05, 0) is 63.4 Å². The first-order chi connectivity index (χ1) is 16.9. The Morgan fingerprint density at radius 3 is 2.47 bits per heavy atom. The second-order valence-corrected chi connectivity index (χ2v) is 10.5. The SMILES string of the molecule is CC=Cc1cc(CCC)c2c(c1O)C(=O)C1C(=O)[C@@]3(O)C(=O)C(C(N)=O)C(O)[C@H](N(C)C)[C@H]3C[C@H]1C2. The zero-order valence-corrected chi connectivity index (χ0v) is 21.0. The van der Waals surface area contributed by atoms with Crippen LogP contribution in [0.2, 0.25) is 0 Å². The Morgan fingerprint density at radius 2 is 1.92 bits per heavy atom. The van der Waals surface area contributed by atoms with Gasteiger partial charge in [-0.15, -0.1) is 0 Å². The normalized spacial score (nSPS) is 34.0. The van der Waals surface area contributed by atoms with Crippen molar-refractivity contribution in [1.29, 1.82) is 0 Å². The van der Waals surface area contributed by atoms with Gasteiger partial charge in [-0.1, -0.05) is 25.5 Å². The Morgan fingerprint density at radius 1 is 1.25 bits per heavy atom. The molecule has 1 aromatic rings. The Balaban J connectivity index is 1.89. The molecule has 0 bridgehead atoms. The van der Waals surface area contributed by atoms with Gasteiger partial charge in [0.05, 0.1) is 17.6 Å². The number of aryl methyl sites for hydroxylation is 1. The number of aromatic hydroxyl groups is 1. The molecule has 7 atom stereocenters. The van der Waals surface area contributed by atoms with Crippen molar-refractivity contribution in [2.75, 3.05) is 14.1 Å². The predicted molar refractivity (Wildman–Crippen MR) is 131 cm³/mol. The molecule has 0 saturated heterocycles. The average molecular weight is 499 g/mol. The molecule has 0 radical (unpaired) electrons. The van der Waals surface area contributed by atoms with Crippen LogP contribution in [-0.4, -0.2) is 75.3 Å². The Hall–Kier alpha value is -2.88. The van der Waals surface area contributed by atoms with E-state index in [1.54, 1.807) is 38.1 Å². The summed E-state index contributed by atoms with van der Waals surface area (Å²) in [4.78, 5) is 54.8. The lowest BCUT2D eigenvalue weighted by molar-refractivity contribution is -0.190. The first-order valence-electron chi connectivity index (χ1n) is 12.4. The van der Waals surface area contributed by atoms with E-state index >= 15 is 0 Å². The summed E-state index contributed by atoms with van der Waals surface area (Å²) in [5.74, 6) is -8.83. The summed E-state index contributed by atoms with van der Waals surface area (Å²) in [7, 11) is 3.25. The summed E-state index contributed by atoms with van der Waals surface area (Å²) in [6.07, 6.45) is 3.83. The smallest absolute Gasteiger partial charge is 0.230 e. The number of aliphatic hydroxyl groups excluding tert-OH is 1. The number of phenolic OH excluding ortho intramolecular Hbond substituents is 1. The van der Waals surface area contributed by atoms with Crippen molar-refractivity contribution in [2.45, 2.75) is 57.3 Å². The number of phenols is 1. The van der Waals surface area contributed by atoms with Gasteiger partial charge in [0.25, 0.3) is 0 Å². The second-order valence-electron chi connectivity index (χ2n) is 10.5. The number of carbonyl (C=O) groups is 4. The Labute approximate surface area is 210 Å². The fourth-order valence-corrected chi connectivity index (χ4v) is 6.79. The summed E-state index contributed by atoms with van der Waals surface area (Å²) in [6, 6.07) is 0.951. The number of aliphatic hydroxyl groups is 2. The van der Waals surface area contributed by atoms with Gasteiger partial charge >= 0.3 is 0 Å². The van der Waals surface area contributed by atoms with Crippen LogP contribution in [0.1, 0.15) is 53.7 Å². The van der Waals surface area contributed by atoms with Gasteiger partial charge in [-0.2, -0.15) is 0 Å². The van der Waals surface area contributed by atoms with Gasteiger partial charge in [0.1, 0.15) is 11.7 Å². The van der Waals surface area contributed by atoms with Crippen LogP contribution in [0.15, 0.2) is 12.1 Å². The van der Waals surface area contributed by atoms with E-state index in [1.807, 2.05) is 13.0 Å². The number of Topliss-reactive ketones (excluding diaryl/α,β-unsaturated/α-hetero) is 3. The van der Waals surface area contributed by atoms with Gasteiger partial charge in [0.15, 0.2) is 23.0 Å². The summed E-state index contributed by atoms with van der Waals surface area (Å²) in [5.41, 5.74) is 4.88. The van der Waals surface area contributed by atoms with Gasteiger partial charge in [0.2, 0.25) is 5.91 Å². The third-order valence-corrected chi connectivity index (χ3v) is 8.28. The van der Waals surface area contributed by atoms with Crippen molar-refractivity contribution < 1.29 is 34.5 Å². The topological polar surface area (TPSA) is 158 Å². The predicted octanol–water partition coefficient (Wildman–Crippen LogP) is 0.644. The largest absolute Gasteiger partial charge is 0.507 e. The molecule has 0 heterocycles. The van der Waals surface area contributed by atoms with Crippen molar-refractivity contribution in [3.8, 4) is 5.75 Å². The molecule has 36 heavy (non-hydrogen) atoms. The van der Waals surface area contributed by atoms with E-state index in [0.717, 1.165) is 12.0 Å². The van der Waals surface area contributed by atoms with E-state index in [-0.39, 0.29) is 17.7 Å². The second kappa shape index (κ2) is 9.21. The highest BCUT2D eigenvalue weighted by Gasteiger charge is 2.69. The van der Waals surface area contributed by atoms with Gasteiger partial charge in [-0.3, -0.25) is 19.2 Å². The quantitative estimate of drug-likeness (QED) is 0.431. The summed E-state index contributed by atoms with van der Waals surface area (Å²) >= 11 is 0. The monoisotopic (exact) mass is 498 g/mol. The van der Waals surface area contributed by atoms with Crippen LogP contribution >= 0.6 is 0 Å². The molecule has 4 rings (SSSR count). The van der Waals surface area contributed by atoms with Crippen LogP contribution in [0.5, 0.6) is 5.75 Å². The number of likely N-dealkylation sites (N-methyl/N-ethyl adjacent to an activating group) is 1. The first-order valence-corrected chi connectivity index (χ1v) is 12.4. The average Bonchev–Trinajstić information content (AvgIpc) is 2.79. The number of amides is 1. The number of hydrogen-bond acceptors (Lipinski definition) is 8. The molecule has 2 fully saturated rings. The minimum absolute atomic E-state index is 0.0598. The van der Waals surface area contributed by atoms with Gasteiger partial charge in [-0.25, -0.2) is 0 Å². The molecule has 0 aromatic heterocycles. The van der Waals surface area contributed by atoms with Crippen LogP contribution in [0.25, 0.3) is 6.08 Å². The number of hydrogen-bond donors (Lipinski definition) is 4. The lowest BCUT2D eigenvalue weighted by atomic mass is 9.52. The van der Waals surface area contributed by atoms with E-state index in [4.69, 9.17) is 5.73 Å². The van der Waals surface area contributed by atoms with Gasteiger partial charge in [0, 0.05) is 17.5 Å². The van der Waals surface area contributed by atoms with Crippen LogP contribution in [-0.2, 0) is 27.2 Å². The number of nitrogens with two attached hydrogens (primary N) is 1. The maximum atomic E-state index is 13.9. The number of rotatable bonds is 5. The van der Waals surface area contributed by atoms with Crippen molar-refractivity contribution in [3.05, 3.63) is 34.4 Å². The van der Waals surface area contributed by atoms with E-state index in [1.165, 1.54) is 0 Å². The summed E-state index contributed by atoms with van der Waals surface area (Å²) < 4.78 is 0. The minimum Gasteiger partial charge on any atom is -0.507 e. The highest BCUT2D eigenvalue weighted by Crippen LogP contribution is 2.52. The molecule has 2 saturated carbocycles. The number of allylic oxidation sites excluding steroid dienone is 1. The molecular formula is C27H34N2O7. The Bertz CT molecular complexity index is 1170. The number of primary amides is 1. The van der Waals surface area contributed by atoms with Crippen LogP contribution in [0.4, 0.5) is 0 Å². The number of nitrogens with zero attached hydrogens (tertiary/aromatic N) is 1. The lowest BCUT2D eigenvalue weighted by Crippen LogP contribution is -2.75. The molecule has 1 amide bonds. The zero-order chi connectivity index (χ0) is 26.7. The number of fused-ring (bicyclic) bond motifs is 3. The minimum atomic E-state index is -2.65. The van der Waals surface area contributed by atoms with Crippen molar-refractivity contribution >= 4 is 29.3 Å². The zero-order valence-electron chi connectivity index (χ0n) is 21.0. The third kappa shape index (κ3) is 3.55. The number of ketones is 3. The molecule has 0 spiro atoms. The van der Waals surface area contributed by atoms with Crippen LogP contribution < -0.4 is 5.73 Å². The fourth-order valence-electron chi connectivity index (χ4n) is 6.79. The number of carbonyl (C=O) groups excluding carboxylic acids is 4. The van der Waals surface area contributed by atoms with E-state index in [0.29, 0.717) is 24.0 Å². The van der Waals surface area contributed by atoms with Crippen molar-refractivity contribution in [2.24, 2.45) is 29.4 Å². The molecule has 194 valence electrons. The van der Waals surface area contributed by atoms with E-state index < -0.39 is 64.7 Å². The first kappa shape index (κ1) is 26.2. The highest BCUT2D eigenvalue weighted by atomic mass is 16.3. The standard InChI is InChI=1S/C27H34N2O7/c1-5-7-12-9-13(8-6-2)21(30)18-15(12)10-14-11-16-20(29(3)4)23(32)19(26(28)35)25(34)27(16,36)24(33)17(14)22(18)31/h6,8-9,14,16-17,19-20,23,30,32,36H,5,7,10-11H2,1-4H3,(H2,28,35)/t14-,16-,17?,19?,20-,23?,27-/m1/s1. The van der Waals surface area contributed by atoms with E-state index in [2.05, 4.69) is 0 Å². The van der Waals surface area contributed by atoms with E-state index in [9.17, 15) is 34.5 Å². The fraction of sp³-hybridized carbons (Fsp3) is 0.556. The Kier molecular flexibility index (Phi) is 6.70. The highest BCUT2D eigenvalue weighted by molar-refractivity contribution is 6.25. The molecular weight excluding hydrogens is 464 g/mol. The molecule has 3 aliphatic carbocycles. The maximum absolute atomic E-state index is 13.9. The molecule has 3 aliphatic rings. The summed E-state index contributed by atoms with van der Waals surface area (Å²) in [5, 5.41) is 33.6. The van der Waals surface area contributed by atoms with Gasteiger partial charge < -0.3 is 26.0 Å².